The lowest BCUT2D eigenvalue weighted by atomic mass is 10.1. The summed E-state index contributed by atoms with van der Waals surface area (Å²) in [4.78, 5) is 60.0. The fraction of sp³-hybridized carbons (Fsp3) is 0.0714. The van der Waals surface area contributed by atoms with Crippen molar-refractivity contribution in [3.05, 3.63) is 184 Å². The summed E-state index contributed by atoms with van der Waals surface area (Å²) in [6.07, 6.45) is 0.0549. The molecule has 0 aliphatic heterocycles. The molecule has 0 saturated carbocycles. The molecule has 0 unspecified atom stereocenters. The van der Waals surface area contributed by atoms with Gasteiger partial charge in [0, 0.05) is 28.8 Å². The molecule has 1 amide bonds. The van der Waals surface area contributed by atoms with Crippen LogP contribution in [0.3, 0.4) is 0 Å². The van der Waals surface area contributed by atoms with Gasteiger partial charge in [0.2, 0.25) is 0 Å². The Hall–Kier alpha value is -5.30. The van der Waals surface area contributed by atoms with E-state index in [4.69, 9.17) is 0 Å². The van der Waals surface area contributed by atoms with Crippen molar-refractivity contribution in [2.75, 3.05) is 0 Å². The number of Topliss-reactive ketones (excluding diaryl/α,β-unsaturated/α-hetero) is 2. The molecule has 4 aromatic carbocycles. The molecule has 52 heavy (non-hydrogen) atoms. The third kappa shape index (κ3) is 7.09. The number of benzene rings is 4. The molecule has 1 N–H and O–H groups in total. The first-order valence-corrected chi connectivity index (χ1v) is 19.2. The van der Waals surface area contributed by atoms with E-state index in [0.29, 0.717) is 40.7 Å². The molecule has 2 aliphatic rings. The van der Waals surface area contributed by atoms with Gasteiger partial charge in [-0.15, -0.1) is 22.7 Å². The van der Waals surface area contributed by atoms with Crippen molar-refractivity contribution in [2.24, 2.45) is 0 Å². The molecular formula is C42H29IN2O5S2. The van der Waals surface area contributed by atoms with Crippen molar-refractivity contribution in [2.45, 2.75) is 19.5 Å². The van der Waals surface area contributed by atoms with Crippen molar-refractivity contribution in [3.8, 4) is 11.3 Å². The maximum absolute atomic E-state index is 13.1. The Morgan fingerprint density at radius 1 is 0.654 bits per heavy atom. The second-order valence-electron chi connectivity index (χ2n) is 12.0. The van der Waals surface area contributed by atoms with Crippen LogP contribution in [-0.2, 0) is 13.1 Å². The van der Waals surface area contributed by atoms with Crippen LogP contribution in [0.5, 0.6) is 0 Å². The fourth-order valence-electron chi connectivity index (χ4n) is 6.23. The van der Waals surface area contributed by atoms with Gasteiger partial charge in [-0.1, -0.05) is 109 Å². The molecule has 2 aliphatic carbocycles. The van der Waals surface area contributed by atoms with Crippen LogP contribution >= 0.6 is 45.3 Å². The van der Waals surface area contributed by atoms with Crippen LogP contribution in [0.1, 0.15) is 64.5 Å². The smallest absolute Gasteiger partial charge is 0.260 e. The summed E-state index contributed by atoms with van der Waals surface area (Å²) in [6, 6.07) is 37.9. The van der Waals surface area contributed by atoms with E-state index in [1.807, 2.05) is 108 Å². The number of carbonyl (C=O) groups is 4. The van der Waals surface area contributed by atoms with Crippen LogP contribution in [0, 0.1) is 2.88 Å². The van der Waals surface area contributed by atoms with E-state index >= 15 is 0 Å². The molecule has 256 valence electrons. The average Bonchev–Trinajstić information content (AvgIpc) is 3.96. The molecule has 0 fully saturated rings. The van der Waals surface area contributed by atoms with Crippen LogP contribution in [0.25, 0.3) is 21.3 Å². The highest BCUT2D eigenvalue weighted by molar-refractivity contribution is 14.1. The summed E-state index contributed by atoms with van der Waals surface area (Å²) in [5.41, 5.74) is 7.00. The Balaban J connectivity index is 0.000000133. The minimum Gasteiger partial charge on any atom is -0.348 e. The van der Waals surface area contributed by atoms with Gasteiger partial charge in [0.05, 0.1) is 42.8 Å². The Bertz CT molecular complexity index is 2500. The highest BCUT2D eigenvalue weighted by Gasteiger charge is 2.33. The zero-order valence-corrected chi connectivity index (χ0v) is 31.3. The monoisotopic (exact) mass is 832 g/mol. The predicted molar refractivity (Wildman–Crippen MR) is 215 cm³/mol. The molecule has 7 aromatic rings. The molecule has 0 saturated heterocycles. The molecule has 3 aromatic heterocycles. The maximum atomic E-state index is 13.1. The van der Waals surface area contributed by atoms with Gasteiger partial charge >= 0.3 is 0 Å². The van der Waals surface area contributed by atoms with Gasteiger partial charge in [-0.2, -0.15) is 0 Å². The summed E-state index contributed by atoms with van der Waals surface area (Å²) < 4.78 is 3.58. The standard InChI is InChI=1S/C21H13NO2S.C12H10INOS.C9H6O2/c23-19-15-9-5-4-8-14(15)18-17(19)20-16(10-11-25-20)21(24)22(18)12-13-6-2-1-3-7-13;13-11-10(6-7-16-11)12(15)14-8-9-4-2-1-3-5-9;10-8-5-9(11)7-4-2-1-3-6(7)8/h1-11H,12H2;1-7H,8H2,(H,14,15);1-4H,5H2. The van der Waals surface area contributed by atoms with Gasteiger partial charge in [-0.3, -0.25) is 24.0 Å². The van der Waals surface area contributed by atoms with E-state index in [9.17, 15) is 24.0 Å². The zero-order valence-electron chi connectivity index (χ0n) is 27.5. The molecular weight excluding hydrogens is 804 g/mol. The third-order valence-electron chi connectivity index (χ3n) is 8.72. The molecule has 0 bridgehead atoms. The highest BCUT2D eigenvalue weighted by atomic mass is 127. The van der Waals surface area contributed by atoms with Gasteiger partial charge in [0.15, 0.2) is 17.3 Å². The maximum Gasteiger partial charge on any atom is 0.260 e. The normalized spacial score (nSPS) is 12.3. The van der Waals surface area contributed by atoms with E-state index in [0.717, 1.165) is 35.5 Å². The van der Waals surface area contributed by atoms with Gasteiger partial charge in [0.25, 0.3) is 11.5 Å². The van der Waals surface area contributed by atoms with Crippen molar-refractivity contribution in [3.63, 3.8) is 0 Å². The first kappa shape index (κ1) is 35.1. The van der Waals surface area contributed by atoms with E-state index in [1.165, 1.54) is 11.3 Å². The van der Waals surface area contributed by atoms with Crippen molar-refractivity contribution in [1.82, 2.24) is 9.88 Å². The van der Waals surface area contributed by atoms with Crippen molar-refractivity contribution < 1.29 is 19.2 Å². The molecule has 3 heterocycles. The average molecular weight is 833 g/mol. The minimum absolute atomic E-state index is 0.00509. The second-order valence-corrected chi connectivity index (χ2v) is 15.6. The lowest BCUT2D eigenvalue weighted by Crippen LogP contribution is -2.23. The number of amides is 1. The van der Waals surface area contributed by atoms with E-state index in [2.05, 4.69) is 27.9 Å². The van der Waals surface area contributed by atoms with Gasteiger partial charge in [-0.25, -0.2) is 0 Å². The van der Waals surface area contributed by atoms with Gasteiger partial charge in [0.1, 0.15) is 0 Å². The van der Waals surface area contributed by atoms with E-state index in [-0.39, 0.29) is 35.2 Å². The third-order valence-corrected chi connectivity index (χ3v) is 11.7. The number of hydrogen-bond acceptors (Lipinski definition) is 7. The lowest BCUT2D eigenvalue weighted by molar-refractivity contribution is 0.0918. The van der Waals surface area contributed by atoms with Gasteiger partial charge in [-0.05, 0) is 56.6 Å². The van der Waals surface area contributed by atoms with Crippen LogP contribution in [0.15, 0.2) is 137 Å². The highest BCUT2D eigenvalue weighted by Crippen LogP contribution is 2.40. The minimum atomic E-state index is -0.0504. The number of rotatable bonds is 5. The lowest BCUT2D eigenvalue weighted by Gasteiger charge is -2.13. The summed E-state index contributed by atoms with van der Waals surface area (Å²) in [5.74, 6) is -0.0921. The number of pyridine rings is 1. The molecule has 10 heteroatoms. The number of hydrogen-bond donors (Lipinski definition) is 1. The van der Waals surface area contributed by atoms with Crippen LogP contribution < -0.4 is 10.9 Å². The quantitative estimate of drug-likeness (QED) is 0.138. The largest absolute Gasteiger partial charge is 0.348 e. The van der Waals surface area contributed by atoms with Crippen LogP contribution in [0.4, 0.5) is 0 Å². The fourth-order valence-corrected chi connectivity index (χ4v) is 8.63. The van der Waals surface area contributed by atoms with Crippen LogP contribution in [0.2, 0.25) is 0 Å². The number of aromatic nitrogens is 1. The SMILES string of the molecule is O=C(NCc1ccccc1)c1ccsc1I.O=C1CC(=O)c2ccccc21.O=C1c2ccccc2-c2c1c1sccc1c(=O)n2Cc1ccccc1. The molecule has 0 atom stereocenters. The molecule has 0 radical (unpaired) electrons. The Kier molecular flexibility index (Phi) is 10.5. The number of nitrogens with one attached hydrogen (secondary N) is 1. The first-order chi connectivity index (χ1) is 25.3. The summed E-state index contributed by atoms with van der Waals surface area (Å²) >= 11 is 5.23. The predicted octanol–water partition coefficient (Wildman–Crippen LogP) is 9.06. The Morgan fingerprint density at radius 2 is 1.21 bits per heavy atom. The second kappa shape index (κ2) is 15.5. The molecule has 9 rings (SSSR count). The first-order valence-electron chi connectivity index (χ1n) is 16.3. The number of thiophene rings is 2. The molecule has 0 spiro atoms. The molecule has 7 nitrogen and oxygen atoms in total. The van der Waals surface area contributed by atoms with E-state index < -0.39 is 0 Å². The number of halogens is 1. The van der Waals surface area contributed by atoms with E-state index in [1.54, 1.807) is 40.2 Å². The zero-order chi connectivity index (χ0) is 36.2. The Labute approximate surface area is 320 Å². The van der Waals surface area contributed by atoms with Gasteiger partial charge < -0.3 is 9.88 Å². The number of fused-ring (bicyclic) bond motifs is 6. The number of nitrogens with zero attached hydrogens (tertiary/aromatic N) is 1. The van der Waals surface area contributed by atoms with Crippen LogP contribution in [-0.4, -0.2) is 27.8 Å². The summed E-state index contributed by atoms with van der Waals surface area (Å²) in [7, 11) is 0. The van der Waals surface area contributed by atoms with Crippen molar-refractivity contribution in [1.29, 1.82) is 0 Å². The topological polar surface area (TPSA) is 102 Å². The number of carbonyl (C=O) groups excluding carboxylic acids is 4. The Morgan fingerprint density at radius 3 is 1.83 bits per heavy atom. The number of ketones is 3. The van der Waals surface area contributed by atoms with Crippen molar-refractivity contribution >= 4 is 78.6 Å². The summed E-state index contributed by atoms with van der Waals surface area (Å²) in [6.45, 7) is 1.03. The summed E-state index contributed by atoms with van der Waals surface area (Å²) in [5, 5.41) is 7.35.